The van der Waals surface area contributed by atoms with Gasteiger partial charge in [-0.25, -0.2) is 10.2 Å². The normalized spacial score (nSPS) is 11.8. The van der Waals surface area contributed by atoms with E-state index < -0.39 is 12.1 Å². The minimum atomic E-state index is -0.741. The first-order valence-corrected chi connectivity index (χ1v) is 10.9. The lowest BCUT2D eigenvalue weighted by Gasteiger charge is -2.14. The molecule has 0 fully saturated rings. The van der Waals surface area contributed by atoms with Crippen molar-refractivity contribution in [3.05, 3.63) is 107 Å². The molecule has 7 heteroatoms. The highest BCUT2D eigenvalue weighted by molar-refractivity contribution is 6.33. The van der Waals surface area contributed by atoms with Crippen molar-refractivity contribution in [3.8, 4) is 11.5 Å². The molecule has 1 amide bonds. The van der Waals surface area contributed by atoms with E-state index in [9.17, 15) is 9.59 Å². The van der Waals surface area contributed by atoms with Gasteiger partial charge in [-0.3, -0.25) is 4.79 Å². The van der Waals surface area contributed by atoms with Crippen molar-refractivity contribution in [2.45, 2.75) is 13.0 Å². The molecule has 0 radical (unpaired) electrons. The second-order valence-corrected chi connectivity index (χ2v) is 7.82. The van der Waals surface area contributed by atoms with Crippen molar-refractivity contribution in [2.24, 2.45) is 5.10 Å². The van der Waals surface area contributed by atoms with E-state index in [0.29, 0.717) is 22.1 Å². The molecule has 170 valence electrons. The van der Waals surface area contributed by atoms with E-state index in [1.165, 1.54) is 6.21 Å². The second-order valence-electron chi connectivity index (χ2n) is 7.41. The van der Waals surface area contributed by atoms with Crippen molar-refractivity contribution in [2.75, 3.05) is 0 Å². The van der Waals surface area contributed by atoms with E-state index in [1.54, 1.807) is 55.5 Å². The molecule has 4 rings (SSSR count). The molecule has 0 heterocycles. The molecule has 1 unspecified atom stereocenters. The zero-order valence-corrected chi connectivity index (χ0v) is 19.0. The van der Waals surface area contributed by atoms with Gasteiger partial charge in [-0.15, -0.1) is 0 Å². The standard InChI is InChI=1S/C27H21ClN2O4/c1-18(33-25-12-6-8-20-7-2-3-9-22(20)25)26(31)30-29-17-19-13-15-21(16-14-19)34-27(32)23-10-4-5-11-24(23)28/h2-18H,1H3,(H,30,31)/b29-17+. The van der Waals surface area contributed by atoms with Gasteiger partial charge in [-0.2, -0.15) is 5.10 Å². The zero-order chi connectivity index (χ0) is 23.9. The topological polar surface area (TPSA) is 77.0 Å². The number of carbonyl (C=O) groups excluding carboxylic acids is 2. The molecule has 4 aromatic carbocycles. The molecule has 0 spiro atoms. The summed E-state index contributed by atoms with van der Waals surface area (Å²) in [5.41, 5.74) is 3.48. The number of amides is 1. The Kier molecular flexibility index (Phi) is 7.20. The van der Waals surface area contributed by atoms with Crippen LogP contribution in [-0.4, -0.2) is 24.2 Å². The molecular formula is C27H21ClN2O4. The van der Waals surface area contributed by atoms with E-state index in [1.807, 2.05) is 42.5 Å². The minimum Gasteiger partial charge on any atom is -0.480 e. The lowest BCUT2D eigenvalue weighted by atomic mass is 10.1. The van der Waals surface area contributed by atoms with Crippen LogP contribution in [0.3, 0.4) is 0 Å². The fourth-order valence-corrected chi connectivity index (χ4v) is 3.43. The number of carbonyl (C=O) groups is 2. The third-order valence-corrected chi connectivity index (χ3v) is 5.32. The Hall–Kier alpha value is -4.16. The predicted molar refractivity (Wildman–Crippen MR) is 133 cm³/mol. The Morgan fingerprint density at radius 2 is 1.62 bits per heavy atom. The Morgan fingerprint density at radius 1 is 0.912 bits per heavy atom. The fourth-order valence-electron chi connectivity index (χ4n) is 3.21. The summed E-state index contributed by atoms with van der Waals surface area (Å²) in [6.45, 7) is 1.66. The van der Waals surface area contributed by atoms with Gasteiger partial charge in [0.25, 0.3) is 5.91 Å². The van der Waals surface area contributed by atoms with E-state index >= 15 is 0 Å². The molecule has 1 N–H and O–H groups in total. The molecule has 1 atom stereocenters. The number of ether oxygens (including phenoxy) is 2. The largest absolute Gasteiger partial charge is 0.480 e. The third-order valence-electron chi connectivity index (χ3n) is 5.00. The zero-order valence-electron chi connectivity index (χ0n) is 18.3. The summed E-state index contributed by atoms with van der Waals surface area (Å²) in [4.78, 5) is 24.6. The first-order chi connectivity index (χ1) is 16.5. The molecule has 34 heavy (non-hydrogen) atoms. The van der Waals surface area contributed by atoms with Crippen LogP contribution in [0.25, 0.3) is 10.8 Å². The Bertz CT molecular complexity index is 1350. The fraction of sp³-hybridized carbons (Fsp3) is 0.0741. The smallest absolute Gasteiger partial charge is 0.345 e. The van der Waals surface area contributed by atoms with Crippen LogP contribution in [0.1, 0.15) is 22.8 Å². The Morgan fingerprint density at radius 3 is 2.41 bits per heavy atom. The SMILES string of the molecule is CC(Oc1cccc2ccccc12)C(=O)N/N=C/c1ccc(OC(=O)c2ccccc2Cl)cc1. The van der Waals surface area contributed by atoms with Crippen LogP contribution in [0, 0.1) is 0 Å². The van der Waals surface area contributed by atoms with E-state index in [0.717, 1.165) is 10.8 Å². The number of hydrazone groups is 1. The number of nitrogens with zero attached hydrogens (tertiary/aromatic N) is 1. The van der Waals surface area contributed by atoms with Gasteiger partial charge in [0, 0.05) is 5.39 Å². The van der Waals surface area contributed by atoms with Crippen LogP contribution < -0.4 is 14.9 Å². The number of fused-ring (bicyclic) bond motifs is 1. The molecule has 6 nitrogen and oxygen atoms in total. The van der Waals surface area contributed by atoms with E-state index in [4.69, 9.17) is 21.1 Å². The maximum absolute atomic E-state index is 12.4. The summed E-state index contributed by atoms with van der Waals surface area (Å²) >= 11 is 6.02. The average molecular weight is 473 g/mol. The molecule has 0 aliphatic carbocycles. The van der Waals surface area contributed by atoms with Gasteiger partial charge in [-0.1, -0.05) is 60.1 Å². The van der Waals surface area contributed by atoms with Crippen molar-refractivity contribution < 1.29 is 19.1 Å². The van der Waals surface area contributed by atoms with Crippen molar-refractivity contribution in [1.29, 1.82) is 0 Å². The molecule has 0 saturated heterocycles. The number of nitrogens with one attached hydrogen (secondary N) is 1. The lowest BCUT2D eigenvalue weighted by Crippen LogP contribution is -2.33. The van der Waals surface area contributed by atoms with Gasteiger partial charge >= 0.3 is 5.97 Å². The quantitative estimate of drug-likeness (QED) is 0.164. The highest BCUT2D eigenvalue weighted by Gasteiger charge is 2.15. The number of rotatable bonds is 7. The van der Waals surface area contributed by atoms with Crippen molar-refractivity contribution >= 4 is 40.5 Å². The molecular weight excluding hydrogens is 452 g/mol. The van der Waals surface area contributed by atoms with Crippen LogP contribution in [-0.2, 0) is 4.79 Å². The van der Waals surface area contributed by atoms with E-state index in [2.05, 4.69) is 10.5 Å². The van der Waals surface area contributed by atoms with Gasteiger partial charge < -0.3 is 9.47 Å². The van der Waals surface area contributed by atoms with Crippen molar-refractivity contribution in [1.82, 2.24) is 5.43 Å². The third kappa shape index (κ3) is 5.60. The molecule has 0 aliphatic heterocycles. The van der Waals surface area contributed by atoms with Crippen LogP contribution >= 0.6 is 11.6 Å². The first kappa shape index (κ1) is 23.0. The predicted octanol–water partition coefficient (Wildman–Crippen LogP) is 5.63. The number of hydrogen-bond acceptors (Lipinski definition) is 5. The summed E-state index contributed by atoms with van der Waals surface area (Å²) in [6.07, 6.45) is 0.747. The Balaban J connectivity index is 1.31. The van der Waals surface area contributed by atoms with Crippen LogP contribution in [0.15, 0.2) is 96.1 Å². The van der Waals surface area contributed by atoms with Gasteiger partial charge in [-0.05, 0) is 60.3 Å². The summed E-state index contributed by atoms with van der Waals surface area (Å²) in [7, 11) is 0. The number of halogens is 1. The monoisotopic (exact) mass is 472 g/mol. The second kappa shape index (κ2) is 10.6. The molecule has 0 aliphatic rings. The van der Waals surface area contributed by atoms with Gasteiger partial charge in [0.15, 0.2) is 6.10 Å². The molecule has 0 bridgehead atoms. The van der Waals surface area contributed by atoms with Gasteiger partial charge in [0.2, 0.25) is 0 Å². The summed E-state index contributed by atoms with van der Waals surface area (Å²) in [5.74, 6) is 0.0730. The molecule has 0 saturated carbocycles. The van der Waals surface area contributed by atoms with Crippen LogP contribution in [0.4, 0.5) is 0 Å². The van der Waals surface area contributed by atoms with Crippen molar-refractivity contribution in [3.63, 3.8) is 0 Å². The minimum absolute atomic E-state index is 0.289. The highest BCUT2D eigenvalue weighted by Crippen LogP contribution is 2.26. The van der Waals surface area contributed by atoms with Crippen LogP contribution in [0.2, 0.25) is 5.02 Å². The highest BCUT2D eigenvalue weighted by atomic mass is 35.5. The van der Waals surface area contributed by atoms with Crippen LogP contribution in [0.5, 0.6) is 11.5 Å². The summed E-state index contributed by atoms with van der Waals surface area (Å²) < 4.78 is 11.2. The van der Waals surface area contributed by atoms with Gasteiger partial charge in [0.05, 0.1) is 16.8 Å². The Labute approximate surface area is 201 Å². The number of esters is 1. The molecule has 4 aromatic rings. The average Bonchev–Trinajstić information content (AvgIpc) is 2.85. The first-order valence-electron chi connectivity index (χ1n) is 10.6. The number of hydrogen-bond donors (Lipinski definition) is 1. The molecule has 0 aromatic heterocycles. The number of benzene rings is 4. The maximum atomic E-state index is 12.4. The van der Waals surface area contributed by atoms with E-state index in [-0.39, 0.29) is 11.5 Å². The maximum Gasteiger partial charge on any atom is 0.345 e. The van der Waals surface area contributed by atoms with Gasteiger partial charge in [0.1, 0.15) is 11.5 Å². The summed E-state index contributed by atoms with van der Waals surface area (Å²) in [5, 5.41) is 6.28. The lowest BCUT2D eigenvalue weighted by molar-refractivity contribution is -0.127. The summed E-state index contributed by atoms with van der Waals surface area (Å²) in [6, 6.07) is 26.9.